The Hall–Kier alpha value is -3.90. The van der Waals surface area contributed by atoms with Crippen molar-refractivity contribution in [3.05, 3.63) is 79.9 Å². The molecule has 1 aromatic carbocycles. The molecule has 172 valence electrons. The van der Waals surface area contributed by atoms with Gasteiger partial charge in [0.05, 0.1) is 33.5 Å². The van der Waals surface area contributed by atoms with E-state index in [0.29, 0.717) is 41.2 Å². The van der Waals surface area contributed by atoms with Gasteiger partial charge in [-0.1, -0.05) is 0 Å². The number of carbonyl (C=O) groups is 1. The summed E-state index contributed by atoms with van der Waals surface area (Å²) in [4.78, 5) is 50.2. The van der Waals surface area contributed by atoms with Crippen LogP contribution < -0.4 is 21.3 Å². The summed E-state index contributed by atoms with van der Waals surface area (Å²) in [5.41, 5.74) is 0.356. The molecule has 0 radical (unpaired) electrons. The Balaban J connectivity index is 1.35. The molecular weight excluding hydrogens is 476 g/mol. The highest BCUT2D eigenvalue weighted by Gasteiger charge is 2.15. The zero-order valence-electron chi connectivity index (χ0n) is 17.8. The van der Waals surface area contributed by atoms with Crippen LogP contribution in [-0.4, -0.2) is 39.6 Å². The molecule has 0 saturated heterocycles. The van der Waals surface area contributed by atoms with Gasteiger partial charge < -0.3 is 15.0 Å². The Morgan fingerprint density at radius 3 is 2.79 bits per heavy atom. The highest BCUT2D eigenvalue weighted by Crippen LogP contribution is 2.24. The van der Waals surface area contributed by atoms with Gasteiger partial charge in [-0.15, -0.1) is 11.3 Å². The van der Waals surface area contributed by atoms with E-state index < -0.39 is 17.3 Å². The molecule has 12 heteroatoms. The smallest absolute Gasteiger partial charge is 0.334 e. The van der Waals surface area contributed by atoms with E-state index in [-0.39, 0.29) is 5.82 Å². The fourth-order valence-electron chi connectivity index (χ4n) is 3.38. The Morgan fingerprint density at radius 1 is 1.21 bits per heavy atom. The van der Waals surface area contributed by atoms with Gasteiger partial charge in [-0.25, -0.2) is 24.1 Å². The van der Waals surface area contributed by atoms with E-state index in [1.807, 2.05) is 19.1 Å². The van der Waals surface area contributed by atoms with Crippen LogP contribution in [0.4, 0.5) is 10.5 Å². The van der Waals surface area contributed by atoms with Crippen LogP contribution in [0.25, 0.3) is 16.7 Å². The molecule has 0 aliphatic carbocycles. The molecule has 0 fully saturated rings. The Labute approximate surface area is 200 Å². The number of H-pyrrole nitrogens is 1. The van der Waals surface area contributed by atoms with Crippen molar-refractivity contribution in [2.45, 2.75) is 11.1 Å². The van der Waals surface area contributed by atoms with Crippen LogP contribution in [0, 0.1) is 6.92 Å². The van der Waals surface area contributed by atoms with Crippen molar-refractivity contribution in [1.82, 2.24) is 19.3 Å². The third-order valence-electron chi connectivity index (χ3n) is 4.93. The van der Waals surface area contributed by atoms with Crippen LogP contribution in [-0.2, 0) is 4.74 Å². The quantitative estimate of drug-likeness (QED) is 0.366. The van der Waals surface area contributed by atoms with Crippen molar-refractivity contribution in [3.63, 3.8) is 0 Å². The average molecular weight is 495 g/mol. The van der Waals surface area contributed by atoms with Gasteiger partial charge in [-0.05, 0) is 61.3 Å². The normalized spacial score (nSPS) is 12.9. The number of ether oxygens (including phenoxy) is 1. The molecule has 5 rings (SSSR count). The van der Waals surface area contributed by atoms with Crippen LogP contribution in [0.2, 0.25) is 0 Å². The van der Waals surface area contributed by atoms with Crippen LogP contribution in [0.1, 0.15) is 10.4 Å². The summed E-state index contributed by atoms with van der Waals surface area (Å²) in [5, 5.41) is 2.99. The lowest BCUT2D eigenvalue weighted by molar-refractivity contribution is 0.257. The number of hydrogen-bond acceptors (Lipinski definition) is 8. The molecule has 0 bridgehead atoms. The number of nitrogens with one attached hydrogen (secondary N) is 3. The summed E-state index contributed by atoms with van der Waals surface area (Å²) < 4.78 is 10.1. The number of thiophene rings is 1. The summed E-state index contributed by atoms with van der Waals surface area (Å²) in [5.74, 6) is 0.625. The molecule has 34 heavy (non-hydrogen) atoms. The molecule has 0 spiro atoms. The molecule has 0 saturated carbocycles. The summed E-state index contributed by atoms with van der Waals surface area (Å²) in [6.45, 7) is 3.08. The van der Waals surface area contributed by atoms with Gasteiger partial charge in [0.25, 0.3) is 5.56 Å². The number of amides is 2. The topological polar surface area (TPSA) is 130 Å². The number of urea groups is 1. The third-order valence-corrected chi connectivity index (χ3v) is 6.85. The van der Waals surface area contributed by atoms with Crippen LogP contribution >= 0.6 is 23.3 Å². The second-order valence-corrected chi connectivity index (χ2v) is 9.69. The number of aromatic nitrogens is 3. The summed E-state index contributed by atoms with van der Waals surface area (Å²) in [7, 11) is 0. The molecule has 2 amide bonds. The molecule has 3 aromatic heterocycles. The second kappa shape index (κ2) is 9.15. The third kappa shape index (κ3) is 4.45. The second-order valence-electron chi connectivity index (χ2n) is 7.29. The number of pyridine rings is 1. The van der Waals surface area contributed by atoms with Crippen LogP contribution in [0.3, 0.4) is 0 Å². The molecule has 1 aliphatic rings. The van der Waals surface area contributed by atoms with Crippen molar-refractivity contribution in [3.8, 4) is 5.82 Å². The van der Waals surface area contributed by atoms with Gasteiger partial charge in [0, 0.05) is 10.4 Å². The van der Waals surface area contributed by atoms with E-state index in [4.69, 9.17) is 4.74 Å². The van der Waals surface area contributed by atoms with Gasteiger partial charge in [-0.2, -0.15) is 0 Å². The SMILES string of the molecule is Cc1ccc(SNC(=O)Nc2ccc(-n3c(=O)[nH]c4cc(C5=NCCO5)ccc4c3=O)nc2)s1. The van der Waals surface area contributed by atoms with Crippen molar-refractivity contribution in [1.29, 1.82) is 0 Å². The maximum atomic E-state index is 13.0. The standard InChI is InChI=1S/C22H18N6O4S2/c1-12-2-7-18(33-12)34-27-21(30)25-14-4-6-17(24-11-14)28-20(29)15-5-3-13(19-23-8-9-32-19)10-16(15)26-22(28)31/h2-7,10-11H,8-9H2,1H3,(H,26,31)(H2,25,27,30). The van der Waals surface area contributed by atoms with Gasteiger partial charge in [0.1, 0.15) is 12.4 Å². The maximum Gasteiger partial charge on any atom is 0.334 e. The number of fused-ring (bicyclic) bond motifs is 1. The number of rotatable bonds is 5. The summed E-state index contributed by atoms with van der Waals surface area (Å²) in [6, 6.07) is 11.6. The monoisotopic (exact) mass is 494 g/mol. The molecule has 0 unspecified atom stereocenters. The lowest BCUT2D eigenvalue weighted by Crippen LogP contribution is -2.34. The number of benzene rings is 1. The number of nitrogens with zero attached hydrogens (tertiary/aromatic N) is 3. The number of carbonyl (C=O) groups excluding carboxylic acids is 1. The number of aromatic amines is 1. The molecule has 0 atom stereocenters. The van der Waals surface area contributed by atoms with E-state index >= 15 is 0 Å². The van der Waals surface area contributed by atoms with Crippen molar-refractivity contribution < 1.29 is 9.53 Å². The summed E-state index contributed by atoms with van der Waals surface area (Å²) >= 11 is 2.79. The number of aliphatic imine (C=N–C) groups is 1. The van der Waals surface area contributed by atoms with Crippen LogP contribution in [0.5, 0.6) is 0 Å². The molecule has 3 N–H and O–H groups in total. The molecule has 4 aromatic rings. The first-order chi connectivity index (χ1) is 16.5. The zero-order valence-corrected chi connectivity index (χ0v) is 19.5. The largest absolute Gasteiger partial charge is 0.476 e. The van der Waals surface area contributed by atoms with Crippen molar-refractivity contribution in [2.24, 2.45) is 4.99 Å². The van der Waals surface area contributed by atoms with Gasteiger partial charge in [0.15, 0.2) is 0 Å². The highest BCUT2D eigenvalue weighted by molar-refractivity contribution is 7.99. The van der Waals surface area contributed by atoms with Gasteiger partial charge in [-0.3, -0.25) is 9.52 Å². The first-order valence-electron chi connectivity index (χ1n) is 10.2. The lowest BCUT2D eigenvalue weighted by atomic mass is 10.1. The first-order valence-corrected chi connectivity index (χ1v) is 11.8. The predicted molar refractivity (Wildman–Crippen MR) is 132 cm³/mol. The molecular formula is C22H18N6O4S2. The summed E-state index contributed by atoms with van der Waals surface area (Å²) in [6.07, 6.45) is 1.38. The Bertz CT molecular complexity index is 1540. The fourth-order valence-corrected chi connectivity index (χ4v) is 5.04. The number of aryl methyl sites for hydroxylation is 1. The van der Waals surface area contributed by atoms with E-state index in [9.17, 15) is 14.4 Å². The van der Waals surface area contributed by atoms with E-state index in [0.717, 1.165) is 13.7 Å². The van der Waals surface area contributed by atoms with Gasteiger partial charge >= 0.3 is 11.7 Å². The van der Waals surface area contributed by atoms with E-state index in [2.05, 4.69) is 25.0 Å². The minimum absolute atomic E-state index is 0.134. The minimum atomic E-state index is -0.627. The van der Waals surface area contributed by atoms with E-state index in [1.165, 1.54) is 24.2 Å². The maximum absolute atomic E-state index is 13.0. The number of anilines is 1. The number of hydrogen-bond donors (Lipinski definition) is 3. The first kappa shape index (κ1) is 21.9. The average Bonchev–Trinajstić information content (AvgIpc) is 3.50. The Morgan fingerprint density at radius 2 is 2.09 bits per heavy atom. The fraction of sp³-hybridized carbons (Fsp3) is 0.136. The Kier molecular flexibility index (Phi) is 5.90. The van der Waals surface area contributed by atoms with Crippen LogP contribution in [0.15, 0.2) is 67.5 Å². The molecule has 4 heterocycles. The van der Waals surface area contributed by atoms with E-state index in [1.54, 1.807) is 35.6 Å². The predicted octanol–water partition coefficient (Wildman–Crippen LogP) is 3.05. The lowest BCUT2D eigenvalue weighted by Gasteiger charge is -2.09. The molecule has 1 aliphatic heterocycles. The highest BCUT2D eigenvalue weighted by atomic mass is 32.2. The van der Waals surface area contributed by atoms with Gasteiger partial charge in [0.2, 0.25) is 5.90 Å². The molecule has 10 nitrogen and oxygen atoms in total. The van der Waals surface area contributed by atoms with Crippen molar-refractivity contribution >= 4 is 51.8 Å². The van der Waals surface area contributed by atoms with Crippen molar-refractivity contribution in [2.75, 3.05) is 18.5 Å². The minimum Gasteiger partial charge on any atom is -0.476 e. The zero-order chi connectivity index (χ0) is 23.7.